The number of piperidine rings is 1. The molecular formula is C22H33IN4O. The van der Waals surface area contributed by atoms with Gasteiger partial charge in [0.05, 0.1) is 7.11 Å². The van der Waals surface area contributed by atoms with E-state index in [1.54, 1.807) is 7.11 Å². The van der Waals surface area contributed by atoms with Crippen molar-refractivity contribution in [2.24, 2.45) is 4.99 Å². The second-order valence-electron chi connectivity index (χ2n) is 7.52. The highest BCUT2D eigenvalue weighted by Gasteiger charge is 2.21. The minimum absolute atomic E-state index is 0. The van der Waals surface area contributed by atoms with Crippen molar-refractivity contribution in [2.45, 2.75) is 45.3 Å². The van der Waals surface area contributed by atoms with Crippen molar-refractivity contribution in [2.75, 3.05) is 27.2 Å². The number of aliphatic imine (C=N–C) groups is 1. The molecule has 0 atom stereocenters. The van der Waals surface area contributed by atoms with Crippen molar-refractivity contribution in [3.05, 3.63) is 42.0 Å². The molecule has 2 aromatic carbocycles. The summed E-state index contributed by atoms with van der Waals surface area (Å²) < 4.78 is 5.30. The predicted octanol–water partition coefficient (Wildman–Crippen LogP) is 4.00. The fraction of sp³-hybridized carbons (Fsp3) is 0.500. The number of methoxy groups -OCH3 is 1. The molecule has 154 valence electrons. The maximum atomic E-state index is 5.30. The largest absolute Gasteiger partial charge is 0.497 e. The minimum Gasteiger partial charge on any atom is -0.497 e. The van der Waals surface area contributed by atoms with Gasteiger partial charge in [-0.3, -0.25) is 4.99 Å². The van der Waals surface area contributed by atoms with Crippen molar-refractivity contribution < 1.29 is 4.74 Å². The van der Waals surface area contributed by atoms with Crippen molar-refractivity contribution in [3.63, 3.8) is 0 Å². The second-order valence-corrected chi connectivity index (χ2v) is 7.52. The highest BCUT2D eigenvalue weighted by molar-refractivity contribution is 14.0. The molecule has 5 nitrogen and oxygen atoms in total. The smallest absolute Gasteiger partial charge is 0.191 e. The average molecular weight is 496 g/mol. The predicted molar refractivity (Wildman–Crippen MR) is 129 cm³/mol. The molecule has 2 aromatic rings. The normalized spacial score (nSPS) is 16.1. The Kier molecular flexibility index (Phi) is 8.82. The van der Waals surface area contributed by atoms with Crippen LogP contribution in [0.15, 0.2) is 41.4 Å². The number of likely N-dealkylation sites (tertiary alicyclic amines) is 1. The van der Waals surface area contributed by atoms with Gasteiger partial charge in [-0.2, -0.15) is 0 Å². The Morgan fingerprint density at radius 2 is 1.82 bits per heavy atom. The second kappa shape index (κ2) is 10.9. The lowest BCUT2D eigenvalue weighted by Gasteiger charge is -2.35. The van der Waals surface area contributed by atoms with Gasteiger partial charge < -0.3 is 20.3 Å². The fourth-order valence-electron chi connectivity index (χ4n) is 3.64. The van der Waals surface area contributed by atoms with Crippen LogP contribution in [0, 0.1) is 0 Å². The summed E-state index contributed by atoms with van der Waals surface area (Å²) in [6, 6.07) is 13.8. The first kappa shape index (κ1) is 22.7. The molecule has 0 radical (unpaired) electrons. The van der Waals surface area contributed by atoms with Crippen molar-refractivity contribution >= 4 is 40.7 Å². The Labute approximate surface area is 185 Å². The topological polar surface area (TPSA) is 48.9 Å². The number of benzene rings is 2. The molecule has 0 aliphatic carbocycles. The lowest BCUT2D eigenvalue weighted by atomic mass is 10.0. The highest BCUT2D eigenvalue weighted by atomic mass is 127. The molecule has 6 heteroatoms. The summed E-state index contributed by atoms with van der Waals surface area (Å²) in [5, 5.41) is 9.45. The van der Waals surface area contributed by atoms with Crippen LogP contribution in [0.1, 0.15) is 32.3 Å². The van der Waals surface area contributed by atoms with Gasteiger partial charge in [-0.1, -0.05) is 18.2 Å². The molecule has 0 spiro atoms. The first-order valence-corrected chi connectivity index (χ1v) is 9.87. The number of rotatable bonds is 5. The molecule has 0 amide bonds. The third-order valence-corrected chi connectivity index (χ3v) is 5.40. The maximum Gasteiger partial charge on any atom is 0.191 e. The summed E-state index contributed by atoms with van der Waals surface area (Å²) in [7, 11) is 3.54. The van der Waals surface area contributed by atoms with E-state index < -0.39 is 0 Å². The van der Waals surface area contributed by atoms with E-state index in [9.17, 15) is 0 Å². The zero-order valence-corrected chi connectivity index (χ0v) is 19.7. The third-order valence-electron chi connectivity index (χ3n) is 5.40. The molecule has 2 N–H and O–H groups in total. The molecule has 1 saturated heterocycles. The molecule has 28 heavy (non-hydrogen) atoms. The number of guanidine groups is 1. The first-order valence-electron chi connectivity index (χ1n) is 9.87. The Morgan fingerprint density at radius 1 is 1.14 bits per heavy atom. The van der Waals surface area contributed by atoms with E-state index in [0.717, 1.165) is 44.2 Å². The van der Waals surface area contributed by atoms with E-state index in [4.69, 9.17) is 4.74 Å². The number of hydrogen-bond donors (Lipinski definition) is 2. The summed E-state index contributed by atoms with van der Waals surface area (Å²) in [4.78, 5) is 6.94. The van der Waals surface area contributed by atoms with Crippen LogP contribution < -0.4 is 15.4 Å². The Hall–Kier alpha value is -1.54. The average Bonchev–Trinajstić information content (AvgIpc) is 2.70. The van der Waals surface area contributed by atoms with Crippen LogP contribution in [-0.2, 0) is 6.54 Å². The van der Waals surface area contributed by atoms with E-state index >= 15 is 0 Å². The van der Waals surface area contributed by atoms with Crippen molar-refractivity contribution in [3.8, 4) is 5.75 Å². The number of nitrogens with one attached hydrogen (secondary N) is 2. The lowest BCUT2D eigenvalue weighted by molar-refractivity contribution is 0.167. The van der Waals surface area contributed by atoms with Crippen molar-refractivity contribution in [1.82, 2.24) is 15.5 Å². The molecular weight excluding hydrogens is 463 g/mol. The lowest BCUT2D eigenvalue weighted by Crippen LogP contribution is -2.49. The van der Waals surface area contributed by atoms with E-state index in [-0.39, 0.29) is 24.0 Å². The quantitative estimate of drug-likeness (QED) is 0.373. The van der Waals surface area contributed by atoms with Gasteiger partial charge in [0.25, 0.3) is 0 Å². The molecule has 0 saturated carbocycles. The van der Waals surface area contributed by atoms with Crippen LogP contribution in [0.2, 0.25) is 0 Å². The molecule has 0 aromatic heterocycles. The van der Waals surface area contributed by atoms with Gasteiger partial charge in [0.1, 0.15) is 5.75 Å². The Bertz CT molecular complexity index is 785. The van der Waals surface area contributed by atoms with Gasteiger partial charge in [-0.25, -0.2) is 0 Å². The van der Waals surface area contributed by atoms with Crippen LogP contribution in [0.4, 0.5) is 0 Å². The molecule has 0 unspecified atom stereocenters. The first-order chi connectivity index (χ1) is 13.1. The number of hydrogen-bond acceptors (Lipinski definition) is 3. The zero-order chi connectivity index (χ0) is 19.2. The van der Waals surface area contributed by atoms with Crippen LogP contribution >= 0.6 is 24.0 Å². The van der Waals surface area contributed by atoms with Crippen LogP contribution in [-0.4, -0.2) is 50.2 Å². The summed E-state index contributed by atoms with van der Waals surface area (Å²) in [6.07, 6.45) is 2.33. The van der Waals surface area contributed by atoms with E-state index in [2.05, 4.69) is 64.7 Å². The van der Waals surface area contributed by atoms with Crippen molar-refractivity contribution in [1.29, 1.82) is 0 Å². The van der Waals surface area contributed by atoms with E-state index in [1.807, 2.05) is 13.1 Å². The van der Waals surface area contributed by atoms with Gasteiger partial charge >= 0.3 is 0 Å². The molecule has 3 rings (SSSR count). The number of nitrogens with zero attached hydrogens (tertiary/aromatic N) is 2. The highest BCUT2D eigenvalue weighted by Crippen LogP contribution is 2.21. The van der Waals surface area contributed by atoms with Gasteiger partial charge in [0.15, 0.2) is 5.96 Å². The summed E-state index contributed by atoms with van der Waals surface area (Å²) >= 11 is 0. The summed E-state index contributed by atoms with van der Waals surface area (Å²) in [6.45, 7) is 7.61. The van der Waals surface area contributed by atoms with Gasteiger partial charge in [-0.15, -0.1) is 24.0 Å². The summed E-state index contributed by atoms with van der Waals surface area (Å²) in [5.41, 5.74) is 1.24. The number of halogens is 1. The van der Waals surface area contributed by atoms with Gasteiger partial charge in [0.2, 0.25) is 0 Å². The summed E-state index contributed by atoms with van der Waals surface area (Å²) in [5.74, 6) is 1.77. The van der Waals surface area contributed by atoms with Crippen LogP contribution in [0.3, 0.4) is 0 Å². The standard InChI is InChI=1S/C22H32N4O.HI/c1-16(2)26-11-9-20(10-12-26)25-22(23-3)24-15-17-5-6-19-14-21(27-4)8-7-18(19)13-17;/h5-8,13-14,16,20H,9-12,15H2,1-4H3,(H2,23,24,25);1H. The molecule has 0 bridgehead atoms. The zero-order valence-electron chi connectivity index (χ0n) is 17.4. The van der Waals surface area contributed by atoms with Gasteiger partial charge in [0, 0.05) is 38.8 Å². The van der Waals surface area contributed by atoms with Gasteiger partial charge in [-0.05, 0) is 61.2 Å². The van der Waals surface area contributed by atoms with Crippen LogP contribution in [0.5, 0.6) is 5.75 Å². The van der Waals surface area contributed by atoms with Crippen LogP contribution in [0.25, 0.3) is 10.8 Å². The molecule has 1 aliphatic rings. The van der Waals surface area contributed by atoms with E-state index in [0.29, 0.717) is 12.1 Å². The molecule has 1 fully saturated rings. The SMILES string of the molecule is CN=C(NCc1ccc2cc(OC)ccc2c1)NC1CCN(C(C)C)CC1.I. The maximum absolute atomic E-state index is 5.30. The molecule has 1 aliphatic heterocycles. The molecule has 1 heterocycles. The minimum atomic E-state index is 0. The van der Waals surface area contributed by atoms with E-state index in [1.165, 1.54) is 16.3 Å². The monoisotopic (exact) mass is 496 g/mol. The Morgan fingerprint density at radius 3 is 2.46 bits per heavy atom. The Balaban J connectivity index is 0.00000280. The fourth-order valence-corrected chi connectivity index (χ4v) is 3.64. The number of ether oxygens (including phenoxy) is 1. The number of fused-ring (bicyclic) bond motifs is 1. The third kappa shape index (κ3) is 5.98.